The number of nitrogens with one attached hydrogen (secondary N) is 1. The second-order valence-electron chi connectivity index (χ2n) is 3.13. The van der Waals surface area contributed by atoms with E-state index in [2.05, 4.69) is 5.32 Å². The summed E-state index contributed by atoms with van der Waals surface area (Å²) in [5.74, 6) is 0.0370. The molecule has 0 aliphatic heterocycles. The number of thiophene rings is 1. The highest BCUT2D eigenvalue weighted by Gasteiger charge is 2.05. The van der Waals surface area contributed by atoms with Crippen LogP contribution in [0.4, 0.5) is 0 Å². The van der Waals surface area contributed by atoms with Crippen LogP contribution in [0.15, 0.2) is 21.7 Å². The van der Waals surface area contributed by atoms with Crippen molar-refractivity contribution in [1.82, 2.24) is 5.32 Å². The molecule has 1 aromatic rings. The van der Waals surface area contributed by atoms with Gasteiger partial charge in [0.15, 0.2) is 0 Å². The van der Waals surface area contributed by atoms with Crippen LogP contribution in [0.3, 0.4) is 0 Å². The van der Waals surface area contributed by atoms with Gasteiger partial charge in [0.25, 0.3) is 0 Å². The number of ether oxygens (including phenoxy) is 1. The third-order valence-electron chi connectivity index (χ3n) is 1.80. The van der Waals surface area contributed by atoms with E-state index in [0.29, 0.717) is 18.9 Å². The Morgan fingerprint density at radius 3 is 3.00 bits per heavy atom. The first-order valence-electron chi connectivity index (χ1n) is 5.31. The van der Waals surface area contributed by atoms with Gasteiger partial charge in [0.1, 0.15) is 0 Å². The lowest BCUT2D eigenvalue weighted by molar-refractivity contribution is -0.142. The molecule has 0 bridgehead atoms. The number of amides is 1. The van der Waals surface area contributed by atoms with Gasteiger partial charge in [0.05, 0.1) is 23.0 Å². The van der Waals surface area contributed by atoms with Gasteiger partial charge in [0, 0.05) is 6.54 Å². The minimum absolute atomic E-state index is 0.0623. The molecule has 6 heteroatoms. The largest absolute Gasteiger partial charge is 0.466 e. The summed E-state index contributed by atoms with van der Waals surface area (Å²) in [7, 11) is 0. The van der Waals surface area contributed by atoms with Gasteiger partial charge in [-0.2, -0.15) is 0 Å². The average Bonchev–Trinajstić information content (AvgIpc) is 2.79. The van der Waals surface area contributed by atoms with Gasteiger partial charge in [-0.1, -0.05) is 6.07 Å². The highest BCUT2D eigenvalue weighted by molar-refractivity contribution is 8.01. The van der Waals surface area contributed by atoms with Crippen molar-refractivity contribution >= 4 is 35.0 Å². The Balaban J connectivity index is 2.07. The van der Waals surface area contributed by atoms with Crippen LogP contribution in [0.1, 0.15) is 13.3 Å². The summed E-state index contributed by atoms with van der Waals surface area (Å²) in [6, 6.07) is 3.92. The van der Waals surface area contributed by atoms with E-state index in [4.69, 9.17) is 4.74 Å². The van der Waals surface area contributed by atoms with E-state index in [0.717, 1.165) is 4.21 Å². The van der Waals surface area contributed by atoms with E-state index in [1.165, 1.54) is 11.8 Å². The number of rotatable bonds is 7. The van der Waals surface area contributed by atoms with E-state index in [1.54, 1.807) is 18.3 Å². The highest BCUT2D eigenvalue weighted by atomic mass is 32.2. The molecular formula is C11H15NO3S2. The molecule has 0 saturated heterocycles. The molecule has 4 nitrogen and oxygen atoms in total. The van der Waals surface area contributed by atoms with Crippen molar-refractivity contribution in [2.45, 2.75) is 17.6 Å². The number of carbonyl (C=O) groups excluding carboxylic acids is 2. The minimum atomic E-state index is -0.279. The Morgan fingerprint density at radius 2 is 2.35 bits per heavy atom. The van der Waals surface area contributed by atoms with Crippen molar-refractivity contribution in [2.24, 2.45) is 0 Å². The molecule has 0 unspecified atom stereocenters. The number of hydrogen-bond donors (Lipinski definition) is 1. The highest BCUT2D eigenvalue weighted by Crippen LogP contribution is 2.22. The van der Waals surface area contributed by atoms with Crippen LogP contribution in [0.2, 0.25) is 0 Å². The van der Waals surface area contributed by atoms with Crippen molar-refractivity contribution in [2.75, 3.05) is 18.9 Å². The Bertz CT molecular complexity index is 352. The quantitative estimate of drug-likeness (QED) is 0.609. The van der Waals surface area contributed by atoms with Gasteiger partial charge >= 0.3 is 5.97 Å². The summed E-state index contributed by atoms with van der Waals surface area (Å²) < 4.78 is 5.87. The van der Waals surface area contributed by atoms with Crippen molar-refractivity contribution in [1.29, 1.82) is 0 Å². The van der Waals surface area contributed by atoms with Gasteiger partial charge < -0.3 is 10.1 Å². The van der Waals surface area contributed by atoms with Crippen LogP contribution in [0.25, 0.3) is 0 Å². The molecule has 0 aliphatic rings. The van der Waals surface area contributed by atoms with Crippen LogP contribution in [-0.2, 0) is 14.3 Å². The van der Waals surface area contributed by atoms with E-state index in [1.807, 2.05) is 17.5 Å². The van der Waals surface area contributed by atoms with E-state index >= 15 is 0 Å². The van der Waals surface area contributed by atoms with Crippen molar-refractivity contribution in [3.8, 4) is 0 Å². The van der Waals surface area contributed by atoms with E-state index < -0.39 is 0 Å². The minimum Gasteiger partial charge on any atom is -0.466 e. The summed E-state index contributed by atoms with van der Waals surface area (Å²) in [4.78, 5) is 22.4. The number of hydrogen-bond acceptors (Lipinski definition) is 5. The lowest BCUT2D eigenvalue weighted by Gasteiger charge is -2.04. The van der Waals surface area contributed by atoms with Crippen LogP contribution in [0, 0.1) is 0 Å². The fraction of sp³-hybridized carbons (Fsp3) is 0.455. The molecule has 1 N–H and O–H groups in total. The molecule has 0 aromatic carbocycles. The van der Waals surface area contributed by atoms with Gasteiger partial charge in [-0.25, -0.2) is 0 Å². The number of carbonyl (C=O) groups is 2. The second-order valence-corrected chi connectivity index (χ2v) is 5.35. The van der Waals surface area contributed by atoms with Crippen LogP contribution < -0.4 is 5.32 Å². The molecule has 0 aliphatic carbocycles. The van der Waals surface area contributed by atoms with Crippen molar-refractivity contribution < 1.29 is 14.3 Å². The maximum atomic E-state index is 11.4. The fourth-order valence-corrected chi connectivity index (χ4v) is 2.68. The van der Waals surface area contributed by atoms with Crippen molar-refractivity contribution in [3.63, 3.8) is 0 Å². The smallest absolute Gasteiger partial charge is 0.307 e. The molecule has 0 saturated carbocycles. The third kappa shape index (κ3) is 6.33. The zero-order chi connectivity index (χ0) is 12.5. The Morgan fingerprint density at radius 1 is 1.53 bits per heavy atom. The molecular weight excluding hydrogens is 258 g/mol. The lowest BCUT2D eigenvalue weighted by Crippen LogP contribution is -2.27. The summed E-state index contributed by atoms with van der Waals surface area (Å²) in [6.07, 6.45) is 0.225. The van der Waals surface area contributed by atoms with Gasteiger partial charge in [-0.05, 0) is 18.4 Å². The van der Waals surface area contributed by atoms with E-state index in [-0.39, 0.29) is 18.3 Å². The summed E-state index contributed by atoms with van der Waals surface area (Å²) in [5, 5.41) is 4.65. The van der Waals surface area contributed by atoms with E-state index in [9.17, 15) is 9.59 Å². The molecule has 94 valence electrons. The summed E-state index contributed by atoms with van der Waals surface area (Å²) >= 11 is 3.10. The van der Waals surface area contributed by atoms with Crippen LogP contribution >= 0.6 is 23.1 Å². The Kier molecular flexibility index (Phi) is 6.73. The molecule has 17 heavy (non-hydrogen) atoms. The van der Waals surface area contributed by atoms with Crippen LogP contribution in [-0.4, -0.2) is 30.8 Å². The van der Waals surface area contributed by atoms with Gasteiger partial charge in [0.2, 0.25) is 5.91 Å². The number of esters is 1. The lowest BCUT2D eigenvalue weighted by atomic mass is 10.4. The molecule has 1 heterocycles. The SMILES string of the molecule is CCOC(=O)CCNC(=O)CSc1cccs1. The molecule has 0 atom stereocenters. The molecule has 0 spiro atoms. The van der Waals surface area contributed by atoms with Gasteiger partial charge in [-0.3, -0.25) is 9.59 Å². The molecule has 1 amide bonds. The number of thioether (sulfide) groups is 1. The zero-order valence-corrected chi connectivity index (χ0v) is 11.2. The first kappa shape index (κ1) is 14.1. The monoisotopic (exact) mass is 273 g/mol. The standard InChI is InChI=1S/C11H15NO3S2/c1-2-15-10(14)5-6-12-9(13)8-17-11-4-3-7-16-11/h3-4,7H,2,5-6,8H2,1H3,(H,12,13). The van der Waals surface area contributed by atoms with Crippen LogP contribution in [0.5, 0.6) is 0 Å². The molecule has 1 rings (SSSR count). The fourth-order valence-electron chi connectivity index (χ4n) is 1.07. The Labute approximate surface area is 109 Å². The predicted molar refractivity (Wildman–Crippen MR) is 69.3 cm³/mol. The second kappa shape index (κ2) is 8.14. The predicted octanol–water partition coefficient (Wildman–Crippen LogP) is 1.91. The third-order valence-corrected chi connectivity index (χ3v) is 3.93. The molecule has 1 aromatic heterocycles. The summed E-state index contributed by atoms with van der Waals surface area (Å²) in [5.41, 5.74) is 0. The zero-order valence-electron chi connectivity index (χ0n) is 9.60. The van der Waals surface area contributed by atoms with Crippen molar-refractivity contribution in [3.05, 3.63) is 17.5 Å². The maximum Gasteiger partial charge on any atom is 0.307 e. The van der Waals surface area contributed by atoms with Gasteiger partial charge in [-0.15, -0.1) is 23.1 Å². The normalized spacial score (nSPS) is 9.94. The first-order chi connectivity index (χ1) is 8.22. The maximum absolute atomic E-state index is 11.4. The average molecular weight is 273 g/mol. The Hall–Kier alpha value is -1.01. The molecule has 0 radical (unpaired) electrons. The molecule has 0 fully saturated rings. The topological polar surface area (TPSA) is 55.4 Å². The first-order valence-corrected chi connectivity index (χ1v) is 7.17. The summed E-state index contributed by atoms with van der Waals surface area (Å²) in [6.45, 7) is 2.47.